The second kappa shape index (κ2) is 2.76. The predicted molar refractivity (Wildman–Crippen MR) is 44.6 cm³/mol. The van der Waals surface area contributed by atoms with Crippen LogP contribution in [0.15, 0.2) is 0 Å². The fourth-order valence-electron chi connectivity index (χ4n) is 2.13. The molecule has 0 unspecified atom stereocenters. The number of epoxide rings is 1. The minimum atomic E-state index is 0.583. The molecular weight excluding hydrogens is 138 g/mol. The van der Waals surface area contributed by atoms with Crippen molar-refractivity contribution in [3.05, 3.63) is 0 Å². The van der Waals surface area contributed by atoms with E-state index < -0.39 is 0 Å². The molecule has 2 aliphatic rings. The first-order valence-corrected chi connectivity index (χ1v) is 4.66. The zero-order valence-electron chi connectivity index (χ0n) is 7.42. The lowest BCUT2D eigenvalue weighted by Gasteiger charge is -2.26. The first kappa shape index (κ1) is 7.56. The van der Waals surface area contributed by atoms with Crippen LogP contribution >= 0.6 is 0 Å². The van der Waals surface area contributed by atoms with E-state index in [1.54, 1.807) is 0 Å². The van der Waals surface area contributed by atoms with E-state index in [0.29, 0.717) is 12.1 Å². The van der Waals surface area contributed by atoms with Crippen molar-refractivity contribution in [3.8, 4) is 0 Å². The van der Waals surface area contributed by atoms with Crippen LogP contribution in [0.3, 0.4) is 0 Å². The van der Waals surface area contributed by atoms with Gasteiger partial charge in [0.15, 0.2) is 0 Å². The highest BCUT2D eigenvalue weighted by Gasteiger charge is 2.39. The standard InChI is InChI=1S/C9H17NO/c1-7(2)10-5-3-4-8(10)9-6-11-9/h7-9H,3-6H2,1-2H3/t8-,9+/m0/s1. The fourth-order valence-corrected chi connectivity index (χ4v) is 2.13. The number of hydrogen-bond acceptors (Lipinski definition) is 2. The molecule has 0 aromatic rings. The van der Waals surface area contributed by atoms with Gasteiger partial charge in [-0.3, -0.25) is 4.90 Å². The van der Waals surface area contributed by atoms with Crippen molar-refractivity contribution in [2.45, 2.75) is 44.9 Å². The Balaban J connectivity index is 1.95. The molecule has 0 bridgehead atoms. The van der Waals surface area contributed by atoms with Crippen LogP contribution in [0.2, 0.25) is 0 Å². The van der Waals surface area contributed by atoms with Gasteiger partial charge in [0.2, 0.25) is 0 Å². The van der Waals surface area contributed by atoms with Gasteiger partial charge in [0.05, 0.1) is 12.7 Å². The SMILES string of the molecule is CC(C)N1CCC[C@H]1[C@H]1CO1. The Morgan fingerprint density at radius 1 is 1.45 bits per heavy atom. The van der Waals surface area contributed by atoms with Gasteiger partial charge in [-0.25, -0.2) is 0 Å². The molecule has 2 heteroatoms. The molecule has 0 spiro atoms. The van der Waals surface area contributed by atoms with Crippen LogP contribution in [0.25, 0.3) is 0 Å². The lowest BCUT2D eigenvalue weighted by Crippen LogP contribution is -2.38. The molecule has 2 heterocycles. The van der Waals surface area contributed by atoms with Crippen LogP contribution in [0.1, 0.15) is 26.7 Å². The normalized spacial score (nSPS) is 38.5. The van der Waals surface area contributed by atoms with E-state index in [4.69, 9.17) is 4.74 Å². The molecule has 0 aliphatic carbocycles. The summed E-state index contributed by atoms with van der Waals surface area (Å²) >= 11 is 0. The van der Waals surface area contributed by atoms with Crippen LogP contribution in [0, 0.1) is 0 Å². The van der Waals surface area contributed by atoms with Gasteiger partial charge in [-0.05, 0) is 33.2 Å². The van der Waals surface area contributed by atoms with Crippen LogP contribution in [-0.2, 0) is 4.74 Å². The Morgan fingerprint density at radius 2 is 2.18 bits per heavy atom. The maximum Gasteiger partial charge on any atom is 0.0964 e. The van der Waals surface area contributed by atoms with Crippen molar-refractivity contribution in [2.75, 3.05) is 13.2 Å². The summed E-state index contributed by atoms with van der Waals surface area (Å²) in [5.74, 6) is 0. The number of rotatable bonds is 2. The van der Waals surface area contributed by atoms with Gasteiger partial charge in [-0.1, -0.05) is 0 Å². The Bertz CT molecular complexity index is 134. The van der Waals surface area contributed by atoms with Crippen molar-refractivity contribution in [2.24, 2.45) is 0 Å². The molecular formula is C9H17NO. The summed E-state index contributed by atoms with van der Waals surface area (Å²) in [7, 11) is 0. The quantitative estimate of drug-likeness (QED) is 0.558. The Kier molecular flexibility index (Phi) is 1.90. The summed E-state index contributed by atoms with van der Waals surface area (Å²) < 4.78 is 5.33. The van der Waals surface area contributed by atoms with Gasteiger partial charge in [0, 0.05) is 12.1 Å². The topological polar surface area (TPSA) is 15.8 Å². The van der Waals surface area contributed by atoms with E-state index in [0.717, 1.165) is 12.6 Å². The highest BCUT2D eigenvalue weighted by Crippen LogP contribution is 2.29. The third kappa shape index (κ3) is 1.42. The molecule has 0 aromatic heterocycles. The Morgan fingerprint density at radius 3 is 2.73 bits per heavy atom. The minimum Gasteiger partial charge on any atom is -0.371 e. The van der Waals surface area contributed by atoms with Crippen molar-refractivity contribution < 1.29 is 4.74 Å². The molecule has 0 N–H and O–H groups in total. The fraction of sp³-hybridized carbons (Fsp3) is 1.00. The molecule has 2 saturated heterocycles. The van der Waals surface area contributed by atoms with Crippen LogP contribution in [-0.4, -0.2) is 36.2 Å². The monoisotopic (exact) mass is 155 g/mol. The van der Waals surface area contributed by atoms with Gasteiger partial charge in [0.1, 0.15) is 0 Å². The van der Waals surface area contributed by atoms with Gasteiger partial charge >= 0.3 is 0 Å². The average molecular weight is 155 g/mol. The number of nitrogens with zero attached hydrogens (tertiary/aromatic N) is 1. The molecule has 0 radical (unpaired) electrons. The van der Waals surface area contributed by atoms with E-state index in [1.807, 2.05) is 0 Å². The lowest BCUT2D eigenvalue weighted by molar-refractivity contribution is 0.170. The third-order valence-corrected chi connectivity index (χ3v) is 2.79. The molecule has 2 rings (SSSR count). The summed E-state index contributed by atoms with van der Waals surface area (Å²) in [4.78, 5) is 2.58. The number of ether oxygens (including phenoxy) is 1. The van der Waals surface area contributed by atoms with Crippen LogP contribution in [0.4, 0.5) is 0 Å². The summed E-state index contributed by atoms with van der Waals surface area (Å²) in [6.45, 7) is 6.84. The first-order valence-electron chi connectivity index (χ1n) is 4.66. The highest BCUT2D eigenvalue weighted by molar-refractivity contribution is 4.92. The summed E-state index contributed by atoms with van der Waals surface area (Å²) in [6.07, 6.45) is 3.30. The van der Waals surface area contributed by atoms with Crippen molar-refractivity contribution in [1.29, 1.82) is 0 Å². The zero-order chi connectivity index (χ0) is 7.84. The van der Waals surface area contributed by atoms with E-state index in [1.165, 1.54) is 19.4 Å². The maximum absolute atomic E-state index is 5.33. The molecule has 2 aliphatic heterocycles. The second-order valence-electron chi connectivity index (χ2n) is 3.91. The molecule has 0 saturated carbocycles. The van der Waals surface area contributed by atoms with Crippen molar-refractivity contribution in [1.82, 2.24) is 4.90 Å². The van der Waals surface area contributed by atoms with E-state index in [2.05, 4.69) is 18.7 Å². The van der Waals surface area contributed by atoms with E-state index >= 15 is 0 Å². The average Bonchev–Trinajstić information content (AvgIpc) is 2.68. The van der Waals surface area contributed by atoms with Gasteiger partial charge in [0.25, 0.3) is 0 Å². The molecule has 64 valence electrons. The molecule has 11 heavy (non-hydrogen) atoms. The van der Waals surface area contributed by atoms with Crippen LogP contribution in [0.5, 0.6) is 0 Å². The molecule has 0 aromatic carbocycles. The van der Waals surface area contributed by atoms with E-state index in [9.17, 15) is 0 Å². The lowest BCUT2D eigenvalue weighted by atomic mass is 10.1. The van der Waals surface area contributed by atoms with Gasteiger partial charge in [-0.2, -0.15) is 0 Å². The van der Waals surface area contributed by atoms with Crippen molar-refractivity contribution >= 4 is 0 Å². The van der Waals surface area contributed by atoms with Gasteiger partial charge < -0.3 is 4.74 Å². The smallest absolute Gasteiger partial charge is 0.0964 e. The zero-order valence-corrected chi connectivity index (χ0v) is 7.42. The summed E-state index contributed by atoms with van der Waals surface area (Å²) in [5.41, 5.74) is 0. The molecule has 2 atom stereocenters. The second-order valence-corrected chi connectivity index (χ2v) is 3.91. The number of hydrogen-bond donors (Lipinski definition) is 0. The predicted octanol–water partition coefficient (Wildman–Crippen LogP) is 1.26. The molecule has 2 nitrogen and oxygen atoms in total. The maximum atomic E-state index is 5.33. The third-order valence-electron chi connectivity index (χ3n) is 2.79. The summed E-state index contributed by atoms with van der Waals surface area (Å²) in [6, 6.07) is 1.45. The summed E-state index contributed by atoms with van der Waals surface area (Å²) in [5, 5.41) is 0. The minimum absolute atomic E-state index is 0.583. The largest absolute Gasteiger partial charge is 0.371 e. The highest BCUT2D eigenvalue weighted by atomic mass is 16.6. The molecule has 0 amide bonds. The Labute approximate surface area is 68.5 Å². The number of likely N-dealkylation sites (tertiary alicyclic amines) is 1. The van der Waals surface area contributed by atoms with Gasteiger partial charge in [-0.15, -0.1) is 0 Å². The van der Waals surface area contributed by atoms with Crippen LogP contribution < -0.4 is 0 Å². The Hall–Kier alpha value is -0.0800. The molecule has 2 fully saturated rings. The first-order chi connectivity index (χ1) is 5.29. The van der Waals surface area contributed by atoms with Crippen molar-refractivity contribution in [3.63, 3.8) is 0 Å². The van der Waals surface area contributed by atoms with E-state index in [-0.39, 0.29) is 0 Å².